The highest BCUT2D eigenvalue weighted by Crippen LogP contribution is 2.07. The van der Waals surface area contributed by atoms with Crippen molar-refractivity contribution in [1.29, 1.82) is 0 Å². The van der Waals surface area contributed by atoms with E-state index in [4.69, 9.17) is 4.74 Å². The highest BCUT2D eigenvalue weighted by Gasteiger charge is 2.23. The SMILES string of the molecule is COC(=O)[C@@H](CC(C)C)NC(=O)OCc1ccccc1. The first kappa shape index (κ1) is 16.0. The van der Waals surface area contributed by atoms with E-state index in [9.17, 15) is 9.59 Å². The Hall–Kier alpha value is -2.04. The summed E-state index contributed by atoms with van der Waals surface area (Å²) in [5, 5.41) is 2.53. The zero-order valence-corrected chi connectivity index (χ0v) is 12.1. The van der Waals surface area contributed by atoms with Gasteiger partial charge < -0.3 is 14.8 Å². The second-order valence-corrected chi connectivity index (χ2v) is 4.91. The Labute approximate surface area is 119 Å². The molecule has 0 radical (unpaired) electrons. The van der Waals surface area contributed by atoms with Crippen molar-refractivity contribution in [2.75, 3.05) is 7.11 Å². The molecule has 0 bridgehead atoms. The second-order valence-electron chi connectivity index (χ2n) is 4.91. The van der Waals surface area contributed by atoms with Gasteiger partial charge in [0, 0.05) is 0 Å². The average Bonchev–Trinajstić information content (AvgIpc) is 2.44. The number of carbonyl (C=O) groups excluding carboxylic acids is 2. The Morgan fingerprint density at radius 3 is 2.40 bits per heavy atom. The van der Waals surface area contributed by atoms with E-state index in [1.807, 2.05) is 44.2 Å². The van der Waals surface area contributed by atoms with Crippen molar-refractivity contribution in [3.63, 3.8) is 0 Å². The molecule has 1 amide bonds. The van der Waals surface area contributed by atoms with Crippen LogP contribution in [0.2, 0.25) is 0 Å². The van der Waals surface area contributed by atoms with Crippen LogP contribution < -0.4 is 5.32 Å². The third kappa shape index (κ3) is 5.73. The zero-order chi connectivity index (χ0) is 15.0. The van der Waals surface area contributed by atoms with Gasteiger partial charge in [0.25, 0.3) is 0 Å². The maximum absolute atomic E-state index is 11.7. The molecule has 1 rings (SSSR count). The van der Waals surface area contributed by atoms with Gasteiger partial charge in [0.2, 0.25) is 0 Å². The van der Waals surface area contributed by atoms with Crippen molar-refractivity contribution in [1.82, 2.24) is 5.32 Å². The number of benzene rings is 1. The van der Waals surface area contributed by atoms with Crippen LogP contribution in [0.1, 0.15) is 25.8 Å². The fourth-order valence-electron chi connectivity index (χ4n) is 1.73. The van der Waals surface area contributed by atoms with E-state index < -0.39 is 18.1 Å². The third-order valence-electron chi connectivity index (χ3n) is 2.70. The van der Waals surface area contributed by atoms with Gasteiger partial charge in [-0.25, -0.2) is 9.59 Å². The molecule has 5 nitrogen and oxygen atoms in total. The lowest BCUT2D eigenvalue weighted by Gasteiger charge is -2.18. The predicted molar refractivity (Wildman–Crippen MR) is 75.0 cm³/mol. The Morgan fingerprint density at radius 1 is 1.20 bits per heavy atom. The maximum Gasteiger partial charge on any atom is 0.408 e. The number of methoxy groups -OCH3 is 1. The van der Waals surface area contributed by atoms with E-state index >= 15 is 0 Å². The first-order valence-corrected chi connectivity index (χ1v) is 6.58. The molecule has 0 heterocycles. The summed E-state index contributed by atoms with van der Waals surface area (Å²) in [6.07, 6.45) is -0.113. The Bertz CT molecular complexity index is 431. The van der Waals surface area contributed by atoms with Crippen LogP contribution in [0.3, 0.4) is 0 Å². The number of rotatable bonds is 6. The molecular formula is C15H21NO4. The molecule has 0 aliphatic carbocycles. The number of alkyl carbamates (subject to hydrolysis) is 1. The number of esters is 1. The van der Waals surface area contributed by atoms with Gasteiger partial charge in [0.1, 0.15) is 12.6 Å². The Balaban J connectivity index is 2.47. The molecule has 0 spiro atoms. The second kappa shape index (κ2) is 8.19. The van der Waals surface area contributed by atoms with Crippen LogP contribution >= 0.6 is 0 Å². The fraction of sp³-hybridized carbons (Fsp3) is 0.467. The highest BCUT2D eigenvalue weighted by molar-refractivity contribution is 5.81. The van der Waals surface area contributed by atoms with Gasteiger partial charge in [-0.05, 0) is 17.9 Å². The molecule has 0 saturated carbocycles. The van der Waals surface area contributed by atoms with Crippen LogP contribution in [0.4, 0.5) is 4.79 Å². The molecule has 0 unspecified atom stereocenters. The molecule has 0 fully saturated rings. The Kier molecular flexibility index (Phi) is 6.56. The summed E-state index contributed by atoms with van der Waals surface area (Å²) >= 11 is 0. The van der Waals surface area contributed by atoms with Crippen molar-refractivity contribution in [2.45, 2.75) is 32.9 Å². The molecule has 110 valence electrons. The minimum Gasteiger partial charge on any atom is -0.467 e. The largest absolute Gasteiger partial charge is 0.467 e. The van der Waals surface area contributed by atoms with Crippen LogP contribution in [0.5, 0.6) is 0 Å². The van der Waals surface area contributed by atoms with Crippen LogP contribution in [0.15, 0.2) is 30.3 Å². The summed E-state index contributed by atoms with van der Waals surface area (Å²) in [6, 6.07) is 8.67. The van der Waals surface area contributed by atoms with Crippen LogP contribution in [-0.4, -0.2) is 25.2 Å². The van der Waals surface area contributed by atoms with Crippen LogP contribution in [0, 0.1) is 5.92 Å². The lowest BCUT2D eigenvalue weighted by Crippen LogP contribution is -2.42. The topological polar surface area (TPSA) is 64.6 Å². The minimum absolute atomic E-state index is 0.169. The van der Waals surface area contributed by atoms with Gasteiger partial charge in [-0.3, -0.25) is 0 Å². The van der Waals surface area contributed by atoms with Gasteiger partial charge in [-0.2, -0.15) is 0 Å². The van der Waals surface area contributed by atoms with E-state index in [1.54, 1.807) is 0 Å². The van der Waals surface area contributed by atoms with E-state index in [1.165, 1.54) is 7.11 Å². The van der Waals surface area contributed by atoms with Crippen LogP contribution in [0.25, 0.3) is 0 Å². The summed E-state index contributed by atoms with van der Waals surface area (Å²) in [5.74, 6) is -0.205. The molecule has 0 aromatic heterocycles. The first-order valence-electron chi connectivity index (χ1n) is 6.58. The smallest absolute Gasteiger partial charge is 0.408 e. The van der Waals surface area contributed by atoms with Gasteiger partial charge in [0.15, 0.2) is 0 Å². The lowest BCUT2D eigenvalue weighted by atomic mass is 10.0. The van der Waals surface area contributed by atoms with Crippen molar-refractivity contribution in [2.24, 2.45) is 5.92 Å². The van der Waals surface area contributed by atoms with Gasteiger partial charge in [0.05, 0.1) is 7.11 Å². The maximum atomic E-state index is 11.7. The molecule has 0 saturated heterocycles. The van der Waals surface area contributed by atoms with Crippen molar-refractivity contribution >= 4 is 12.1 Å². The highest BCUT2D eigenvalue weighted by atomic mass is 16.6. The molecule has 20 heavy (non-hydrogen) atoms. The molecule has 1 atom stereocenters. The lowest BCUT2D eigenvalue weighted by molar-refractivity contribution is -0.143. The van der Waals surface area contributed by atoms with E-state index in [2.05, 4.69) is 10.1 Å². The molecule has 1 aromatic rings. The van der Waals surface area contributed by atoms with E-state index in [-0.39, 0.29) is 12.5 Å². The number of nitrogens with one attached hydrogen (secondary N) is 1. The monoisotopic (exact) mass is 279 g/mol. The average molecular weight is 279 g/mol. The summed E-state index contributed by atoms with van der Waals surface area (Å²) in [6.45, 7) is 4.10. The number of hydrogen-bond donors (Lipinski definition) is 1. The van der Waals surface area contributed by atoms with Gasteiger partial charge in [-0.15, -0.1) is 0 Å². The van der Waals surface area contributed by atoms with Crippen molar-refractivity contribution in [3.05, 3.63) is 35.9 Å². The molecule has 0 aliphatic heterocycles. The van der Waals surface area contributed by atoms with Crippen molar-refractivity contribution < 1.29 is 19.1 Å². The molecule has 1 aromatic carbocycles. The summed E-state index contributed by atoms with van der Waals surface area (Å²) in [7, 11) is 1.30. The number of amides is 1. The number of hydrogen-bond acceptors (Lipinski definition) is 4. The standard InChI is InChI=1S/C15H21NO4/c1-11(2)9-13(14(17)19-3)16-15(18)20-10-12-7-5-4-6-8-12/h4-8,11,13H,9-10H2,1-3H3,(H,16,18)/t13-/m1/s1. The summed E-state index contributed by atoms with van der Waals surface area (Å²) in [4.78, 5) is 23.3. The first-order chi connectivity index (χ1) is 9.52. The molecule has 1 N–H and O–H groups in total. The Morgan fingerprint density at radius 2 is 1.85 bits per heavy atom. The third-order valence-corrected chi connectivity index (χ3v) is 2.70. The van der Waals surface area contributed by atoms with E-state index in [0.29, 0.717) is 6.42 Å². The predicted octanol–water partition coefficient (Wildman–Crippen LogP) is 2.50. The number of carbonyl (C=O) groups is 2. The van der Waals surface area contributed by atoms with Gasteiger partial charge in [-0.1, -0.05) is 44.2 Å². The summed E-state index contributed by atoms with van der Waals surface area (Å²) < 4.78 is 9.74. The molecule has 0 aliphatic rings. The summed E-state index contributed by atoms with van der Waals surface area (Å²) in [5.41, 5.74) is 0.890. The van der Waals surface area contributed by atoms with Crippen LogP contribution in [-0.2, 0) is 20.9 Å². The quantitative estimate of drug-likeness (QED) is 0.813. The zero-order valence-electron chi connectivity index (χ0n) is 12.1. The molecular weight excluding hydrogens is 258 g/mol. The van der Waals surface area contributed by atoms with Gasteiger partial charge >= 0.3 is 12.1 Å². The minimum atomic E-state index is -0.678. The normalized spacial score (nSPS) is 11.8. The van der Waals surface area contributed by atoms with E-state index in [0.717, 1.165) is 5.56 Å². The number of ether oxygens (including phenoxy) is 2. The fourth-order valence-corrected chi connectivity index (χ4v) is 1.73. The molecule has 5 heteroatoms. The van der Waals surface area contributed by atoms with Crippen molar-refractivity contribution in [3.8, 4) is 0 Å².